The molecule has 0 fully saturated rings. The van der Waals surface area contributed by atoms with Crippen molar-refractivity contribution in [1.82, 2.24) is 9.55 Å². The topological polar surface area (TPSA) is 114 Å². The second-order valence-corrected chi connectivity index (χ2v) is 8.36. The first-order valence-corrected chi connectivity index (χ1v) is 10.7. The third-order valence-electron chi connectivity index (χ3n) is 5.43. The fraction of sp³-hybridized carbons (Fsp3) is 0.381. The molecule has 0 N–H and O–H groups in total. The van der Waals surface area contributed by atoms with Crippen LogP contribution in [-0.4, -0.2) is 27.6 Å². The molecule has 0 unspecified atom stereocenters. The maximum absolute atomic E-state index is 13.0. The number of methoxy groups -OCH3 is 1. The summed E-state index contributed by atoms with van der Waals surface area (Å²) in [6.45, 7) is 2.16. The molecule has 0 atom stereocenters. The van der Waals surface area contributed by atoms with E-state index in [1.807, 2.05) is 0 Å². The molecule has 1 aliphatic heterocycles. The first-order chi connectivity index (χ1) is 14.9. The number of nitro groups is 1. The van der Waals surface area contributed by atoms with E-state index in [9.17, 15) is 19.7 Å². The Morgan fingerprint density at radius 2 is 2.13 bits per heavy atom. The van der Waals surface area contributed by atoms with E-state index in [0.717, 1.165) is 42.8 Å². The lowest BCUT2D eigenvalue weighted by atomic mass is 10.2. The fourth-order valence-electron chi connectivity index (χ4n) is 3.80. The van der Waals surface area contributed by atoms with Gasteiger partial charge >= 0.3 is 5.97 Å². The lowest BCUT2D eigenvalue weighted by Gasteiger charge is -2.09. The Hall–Kier alpha value is -3.27. The monoisotopic (exact) mass is 443 g/mol. The summed E-state index contributed by atoms with van der Waals surface area (Å²) in [5.41, 5.74) is 0.695. The number of hydrogen-bond acceptors (Lipinski definition) is 8. The number of ether oxygens (including phenoxy) is 2. The van der Waals surface area contributed by atoms with Gasteiger partial charge in [0.2, 0.25) is 0 Å². The van der Waals surface area contributed by atoms with Gasteiger partial charge in [0.25, 0.3) is 11.2 Å². The molecule has 2 aromatic heterocycles. The summed E-state index contributed by atoms with van der Waals surface area (Å²) in [6.07, 6.45) is 3.73. The van der Waals surface area contributed by atoms with Gasteiger partial charge in [0.15, 0.2) is 0 Å². The number of non-ortho nitro benzene ring substituents is 1. The van der Waals surface area contributed by atoms with E-state index in [2.05, 4.69) is 4.98 Å². The Morgan fingerprint density at radius 1 is 1.32 bits per heavy atom. The minimum Gasteiger partial charge on any atom is -0.496 e. The van der Waals surface area contributed by atoms with Crippen LogP contribution in [0.5, 0.6) is 5.75 Å². The van der Waals surface area contributed by atoms with Crippen LogP contribution >= 0.6 is 11.3 Å². The van der Waals surface area contributed by atoms with Gasteiger partial charge in [-0.1, -0.05) is 6.42 Å². The highest BCUT2D eigenvalue weighted by molar-refractivity contribution is 7.20. The SMILES string of the molecule is COc1ccc([N+](=O)[O-])cc1COC(=O)c1sc2nc3n(c(=O)c2c1C)CCCCC3. The van der Waals surface area contributed by atoms with Crippen LogP contribution in [0.4, 0.5) is 5.69 Å². The summed E-state index contributed by atoms with van der Waals surface area (Å²) in [5.74, 6) is 0.543. The number of carbonyl (C=O) groups is 1. The second kappa shape index (κ2) is 8.46. The average Bonchev–Trinajstić information content (AvgIpc) is 2.93. The molecule has 10 heteroatoms. The van der Waals surface area contributed by atoms with Gasteiger partial charge in [0.05, 0.1) is 17.4 Å². The van der Waals surface area contributed by atoms with E-state index < -0.39 is 10.9 Å². The van der Waals surface area contributed by atoms with Gasteiger partial charge in [-0.05, 0) is 31.4 Å². The zero-order valence-electron chi connectivity index (χ0n) is 17.2. The largest absolute Gasteiger partial charge is 0.496 e. The van der Waals surface area contributed by atoms with Crippen molar-refractivity contribution in [3.05, 3.63) is 60.5 Å². The van der Waals surface area contributed by atoms with Crippen LogP contribution in [0, 0.1) is 17.0 Å². The van der Waals surface area contributed by atoms with Gasteiger partial charge in [-0.3, -0.25) is 19.5 Å². The number of thiophene rings is 1. The van der Waals surface area contributed by atoms with Crippen LogP contribution in [0.3, 0.4) is 0 Å². The number of hydrogen-bond donors (Lipinski definition) is 0. The van der Waals surface area contributed by atoms with Crippen LogP contribution in [0.2, 0.25) is 0 Å². The van der Waals surface area contributed by atoms with Gasteiger partial charge in [-0.15, -0.1) is 11.3 Å². The molecule has 0 saturated carbocycles. The fourth-order valence-corrected chi connectivity index (χ4v) is 4.89. The van der Waals surface area contributed by atoms with Gasteiger partial charge in [-0.25, -0.2) is 9.78 Å². The molecule has 3 aromatic rings. The van der Waals surface area contributed by atoms with Gasteiger partial charge < -0.3 is 9.47 Å². The molecule has 0 spiro atoms. The quantitative estimate of drug-likeness (QED) is 0.335. The second-order valence-electron chi connectivity index (χ2n) is 7.36. The van der Waals surface area contributed by atoms with Crippen LogP contribution in [-0.2, 0) is 24.3 Å². The molecule has 31 heavy (non-hydrogen) atoms. The molecule has 0 bridgehead atoms. The molecule has 1 aromatic carbocycles. The molecule has 162 valence electrons. The van der Waals surface area contributed by atoms with Gasteiger partial charge in [0.1, 0.15) is 27.9 Å². The Bertz CT molecular complexity index is 1250. The highest BCUT2D eigenvalue weighted by atomic mass is 32.1. The summed E-state index contributed by atoms with van der Waals surface area (Å²) in [7, 11) is 1.44. The predicted octanol–water partition coefficient (Wildman–Crippen LogP) is 3.77. The number of nitro benzene ring substituents is 1. The zero-order valence-corrected chi connectivity index (χ0v) is 18.0. The number of aryl methyl sites for hydroxylation is 2. The number of esters is 1. The Labute approximate surface area is 181 Å². The molecule has 0 saturated heterocycles. The molecular formula is C21H21N3O6S. The molecular weight excluding hydrogens is 422 g/mol. The van der Waals surface area contributed by atoms with Gasteiger partial charge in [0, 0.05) is 30.7 Å². The van der Waals surface area contributed by atoms with Crippen LogP contribution in [0.1, 0.15) is 45.9 Å². The summed E-state index contributed by atoms with van der Waals surface area (Å²) < 4.78 is 12.3. The van der Waals surface area contributed by atoms with E-state index in [0.29, 0.717) is 38.5 Å². The van der Waals surface area contributed by atoms with Crippen molar-refractivity contribution in [2.45, 2.75) is 45.8 Å². The number of carbonyl (C=O) groups excluding carboxylic acids is 1. The third-order valence-corrected chi connectivity index (χ3v) is 6.60. The van der Waals surface area contributed by atoms with Crippen molar-refractivity contribution in [2.75, 3.05) is 7.11 Å². The summed E-state index contributed by atoms with van der Waals surface area (Å²) in [5, 5.41) is 11.5. The Morgan fingerprint density at radius 3 is 2.87 bits per heavy atom. The smallest absolute Gasteiger partial charge is 0.349 e. The number of benzene rings is 1. The van der Waals surface area contributed by atoms with Crippen molar-refractivity contribution < 1.29 is 19.2 Å². The lowest BCUT2D eigenvalue weighted by Crippen LogP contribution is -2.24. The standard InChI is InChI=1S/C21H21N3O6S/c1-12-17-19(22-16-6-4-3-5-9-23(16)20(17)25)31-18(12)21(26)30-11-13-10-14(24(27)28)7-8-15(13)29-2/h7-8,10H,3-6,9,11H2,1-2H3. The van der Waals surface area contributed by atoms with E-state index in [4.69, 9.17) is 9.47 Å². The summed E-state index contributed by atoms with van der Waals surface area (Å²) in [4.78, 5) is 41.9. The predicted molar refractivity (Wildman–Crippen MR) is 115 cm³/mol. The Kier molecular flexibility index (Phi) is 5.73. The van der Waals surface area contributed by atoms with Crippen LogP contribution in [0.15, 0.2) is 23.0 Å². The first-order valence-electron chi connectivity index (χ1n) is 9.92. The summed E-state index contributed by atoms with van der Waals surface area (Å²) in [6, 6.07) is 4.10. The van der Waals surface area contributed by atoms with Crippen LogP contribution in [0.25, 0.3) is 10.2 Å². The molecule has 9 nitrogen and oxygen atoms in total. The maximum atomic E-state index is 13.0. The zero-order chi connectivity index (χ0) is 22.1. The normalized spacial score (nSPS) is 13.5. The summed E-state index contributed by atoms with van der Waals surface area (Å²) >= 11 is 1.14. The van der Waals surface area contributed by atoms with Crippen molar-refractivity contribution in [2.24, 2.45) is 0 Å². The lowest BCUT2D eigenvalue weighted by molar-refractivity contribution is -0.385. The highest BCUT2D eigenvalue weighted by Crippen LogP contribution is 2.30. The van der Waals surface area contributed by atoms with Crippen LogP contribution < -0.4 is 10.3 Å². The van der Waals surface area contributed by atoms with Crippen molar-refractivity contribution in [1.29, 1.82) is 0 Å². The van der Waals surface area contributed by atoms with Crippen molar-refractivity contribution in [3.8, 4) is 5.75 Å². The van der Waals surface area contributed by atoms with Crippen molar-refractivity contribution in [3.63, 3.8) is 0 Å². The average molecular weight is 443 g/mol. The molecule has 0 amide bonds. The van der Waals surface area contributed by atoms with Gasteiger partial charge in [-0.2, -0.15) is 0 Å². The molecule has 1 aliphatic rings. The minimum absolute atomic E-state index is 0.116. The Balaban J connectivity index is 1.64. The maximum Gasteiger partial charge on any atom is 0.349 e. The molecule has 0 aliphatic carbocycles. The molecule has 4 rings (SSSR count). The van der Waals surface area contributed by atoms with E-state index >= 15 is 0 Å². The van der Waals surface area contributed by atoms with E-state index in [1.54, 1.807) is 11.5 Å². The highest BCUT2D eigenvalue weighted by Gasteiger charge is 2.23. The number of rotatable bonds is 5. The third kappa shape index (κ3) is 3.90. The minimum atomic E-state index is -0.603. The van der Waals surface area contributed by atoms with Crippen molar-refractivity contribution >= 4 is 33.2 Å². The number of fused-ring (bicyclic) bond motifs is 2. The van der Waals surface area contributed by atoms with E-state index in [-0.39, 0.29) is 17.9 Å². The molecule has 3 heterocycles. The molecule has 0 radical (unpaired) electrons. The number of nitrogens with zero attached hydrogens (tertiary/aromatic N) is 3. The number of aromatic nitrogens is 2. The van der Waals surface area contributed by atoms with E-state index in [1.165, 1.54) is 25.3 Å². The first kappa shape index (κ1) is 21.0.